The predicted octanol–water partition coefficient (Wildman–Crippen LogP) is 1.27. The van der Waals surface area contributed by atoms with E-state index in [-0.39, 0.29) is 52.0 Å². The summed E-state index contributed by atoms with van der Waals surface area (Å²) in [5, 5.41) is 23.8. The molecule has 1 aliphatic rings. The third kappa shape index (κ3) is 4.08. The number of nitrogens with two attached hydrogens (primary N) is 2. The van der Waals surface area contributed by atoms with Gasteiger partial charge in [0.25, 0.3) is 0 Å². The number of ether oxygens (including phenoxy) is 3. The Morgan fingerprint density at radius 1 is 1.34 bits per heavy atom. The van der Waals surface area contributed by atoms with Gasteiger partial charge in [-0.2, -0.15) is 10.5 Å². The summed E-state index contributed by atoms with van der Waals surface area (Å²) in [6.07, 6.45) is 1.77. The molecule has 3 rings (SSSR count). The summed E-state index contributed by atoms with van der Waals surface area (Å²) in [6, 6.07) is 4.21. The fraction of sp³-hybridized carbons (Fsp3) is 0.211. The lowest BCUT2D eigenvalue weighted by Crippen LogP contribution is -2.32. The number of nitrogens with one attached hydrogen (secondary N) is 2. The van der Waals surface area contributed by atoms with Crippen LogP contribution in [0.25, 0.3) is 0 Å². The zero-order valence-electron chi connectivity index (χ0n) is 16.9. The number of halogens is 1. The van der Waals surface area contributed by atoms with Gasteiger partial charge in [0.1, 0.15) is 29.3 Å². The van der Waals surface area contributed by atoms with Gasteiger partial charge < -0.3 is 31.0 Å². The first-order valence-electron chi connectivity index (χ1n) is 8.90. The molecule has 0 bridgehead atoms. The molecule has 1 aliphatic heterocycles. The van der Waals surface area contributed by atoms with Gasteiger partial charge in [0.05, 0.1) is 24.9 Å². The smallest absolute Gasteiger partial charge is 0.343 e. The molecule has 13 heteroatoms. The Morgan fingerprint density at radius 2 is 2.09 bits per heavy atom. The van der Waals surface area contributed by atoms with E-state index in [1.807, 2.05) is 6.07 Å². The minimum Gasteiger partial charge on any atom is -0.493 e. The second-order valence-electron chi connectivity index (χ2n) is 6.30. The van der Waals surface area contributed by atoms with Crippen molar-refractivity contribution in [1.29, 1.82) is 10.5 Å². The number of nitrogen functional groups attached to an aromatic ring is 2. The maximum Gasteiger partial charge on any atom is 0.343 e. The van der Waals surface area contributed by atoms with Crippen LogP contribution in [0.2, 0.25) is 5.02 Å². The first-order valence-corrected chi connectivity index (χ1v) is 9.28. The molecular weight excluding hydrogens is 440 g/mol. The van der Waals surface area contributed by atoms with Crippen LogP contribution in [0.3, 0.4) is 0 Å². The molecule has 6 N–H and O–H groups in total. The summed E-state index contributed by atoms with van der Waals surface area (Å²) in [6.45, 7) is -0.377. The maximum atomic E-state index is 11.4. The highest BCUT2D eigenvalue weighted by Gasteiger charge is 2.31. The third-order valence-corrected chi connectivity index (χ3v) is 4.77. The number of nitrogens with zero attached hydrogens (tertiary/aromatic N) is 4. The lowest BCUT2D eigenvalue weighted by atomic mass is 9.95. The number of fused-ring (bicyclic) bond motifs is 1. The van der Waals surface area contributed by atoms with Gasteiger partial charge in [-0.1, -0.05) is 11.6 Å². The average molecular weight is 457 g/mol. The molecular formula is C19H17ClN8O4. The van der Waals surface area contributed by atoms with E-state index in [0.717, 1.165) is 0 Å². The van der Waals surface area contributed by atoms with Crippen molar-refractivity contribution in [2.24, 2.45) is 4.99 Å². The van der Waals surface area contributed by atoms with E-state index in [1.165, 1.54) is 20.3 Å². The van der Waals surface area contributed by atoms with Gasteiger partial charge in [-0.3, -0.25) is 5.32 Å². The van der Waals surface area contributed by atoms with E-state index >= 15 is 0 Å². The second kappa shape index (κ2) is 9.16. The summed E-state index contributed by atoms with van der Waals surface area (Å²) in [5.74, 6) is -0.0333. The Hall–Kier alpha value is -4.42. The van der Waals surface area contributed by atoms with E-state index in [0.29, 0.717) is 11.1 Å². The SMILES string of the molecule is COC(=O)COc1c(Cl)cc(C2N=C(NC#N)Nc3nc(N)c(C#N)c(N)c32)cc1OC. The van der Waals surface area contributed by atoms with Gasteiger partial charge in [-0.15, -0.1) is 0 Å². The Balaban J connectivity index is 2.16. The number of aromatic nitrogens is 1. The summed E-state index contributed by atoms with van der Waals surface area (Å²) >= 11 is 6.40. The second-order valence-corrected chi connectivity index (χ2v) is 6.71. The van der Waals surface area contributed by atoms with Crippen molar-refractivity contribution in [2.75, 3.05) is 37.6 Å². The number of carbonyl (C=O) groups is 1. The molecule has 0 radical (unpaired) electrons. The van der Waals surface area contributed by atoms with Crippen LogP contribution >= 0.6 is 11.6 Å². The Morgan fingerprint density at radius 3 is 2.72 bits per heavy atom. The number of carbonyl (C=O) groups excluding carboxylic acids is 1. The number of hydrogen-bond donors (Lipinski definition) is 4. The van der Waals surface area contributed by atoms with Crippen molar-refractivity contribution < 1.29 is 19.0 Å². The molecule has 0 saturated heterocycles. The van der Waals surface area contributed by atoms with Crippen molar-refractivity contribution >= 4 is 40.9 Å². The predicted molar refractivity (Wildman–Crippen MR) is 115 cm³/mol. The number of esters is 1. The Labute approximate surface area is 187 Å². The molecule has 1 unspecified atom stereocenters. The van der Waals surface area contributed by atoms with Gasteiger partial charge in [0.2, 0.25) is 5.96 Å². The van der Waals surface area contributed by atoms with Gasteiger partial charge in [0, 0.05) is 5.56 Å². The number of rotatable bonds is 5. The van der Waals surface area contributed by atoms with E-state index in [9.17, 15) is 10.1 Å². The molecule has 1 atom stereocenters. The average Bonchev–Trinajstić information content (AvgIpc) is 2.77. The number of hydrogen-bond acceptors (Lipinski definition) is 12. The highest BCUT2D eigenvalue weighted by atomic mass is 35.5. The Kier molecular flexibility index (Phi) is 6.37. The van der Waals surface area contributed by atoms with E-state index < -0.39 is 12.0 Å². The van der Waals surface area contributed by atoms with Crippen LogP contribution in [-0.2, 0) is 9.53 Å². The molecule has 0 fully saturated rings. The minimum absolute atomic E-state index is 0.00136. The van der Waals surface area contributed by atoms with Crippen LogP contribution in [0.1, 0.15) is 22.7 Å². The van der Waals surface area contributed by atoms with Crippen LogP contribution in [0.5, 0.6) is 11.5 Å². The first kappa shape index (κ1) is 22.3. The lowest BCUT2D eigenvalue weighted by molar-refractivity contribution is -0.142. The molecule has 1 aromatic heterocycles. The largest absolute Gasteiger partial charge is 0.493 e. The topological polar surface area (TPSA) is 194 Å². The normalized spacial score (nSPS) is 14.0. The van der Waals surface area contributed by atoms with Crippen LogP contribution < -0.4 is 31.6 Å². The molecule has 0 amide bonds. The van der Waals surface area contributed by atoms with Gasteiger partial charge in [-0.05, 0) is 17.7 Å². The first-order chi connectivity index (χ1) is 15.3. The van der Waals surface area contributed by atoms with Gasteiger partial charge in [-0.25, -0.2) is 14.8 Å². The number of benzene rings is 1. The molecule has 0 saturated carbocycles. The highest BCUT2D eigenvalue weighted by Crippen LogP contribution is 2.44. The maximum absolute atomic E-state index is 11.4. The number of anilines is 3. The van der Waals surface area contributed by atoms with Gasteiger partial charge >= 0.3 is 5.97 Å². The zero-order valence-corrected chi connectivity index (χ0v) is 17.6. The molecule has 0 spiro atoms. The molecule has 164 valence electrons. The van der Waals surface area contributed by atoms with Crippen LogP contribution in [0.15, 0.2) is 17.1 Å². The van der Waals surface area contributed by atoms with Crippen molar-refractivity contribution in [3.8, 4) is 23.8 Å². The third-order valence-electron chi connectivity index (χ3n) is 4.49. The number of methoxy groups -OCH3 is 2. The quantitative estimate of drug-likeness (QED) is 0.287. The lowest BCUT2D eigenvalue weighted by Gasteiger charge is -2.26. The molecule has 0 aliphatic carbocycles. The van der Waals surface area contributed by atoms with Crippen molar-refractivity contribution in [1.82, 2.24) is 10.3 Å². The fourth-order valence-electron chi connectivity index (χ4n) is 3.05. The van der Waals surface area contributed by atoms with Crippen molar-refractivity contribution in [2.45, 2.75) is 6.04 Å². The zero-order chi connectivity index (χ0) is 23.4. The van der Waals surface area contributed by atoms with Gasteiger partial charge in [0.15, 0.2) is 24.3 Å². The number of nitriles is 2. The fourth-order valence-corrected chi connectivity index (χ4v) is 3.32. The number of guanidine groups is 1. The summed E-state index contributed by atoms with van der Waals surface area (Å²) in [4.78, 5) is 20.1. The standard InChI is InChI=1S/C19H17ClN8O4/c1-30-11-4-8(3-10(20)16(11)32-6-12(29)31-2)15-13-14(23)9(5-21)17(24)27-18(13)28-19(26-15)25-7-22/h3-4,15H,6H2,1-2H3,(H6,23,24,25,26,27,28). The molecule has 2 aromatic rings. The number of aliphatic imine (C=N–C) groups is 1. The minimum atomic E-state index is -0.830. The van der Waals surface area contributed by atoms with Crippen LogP contribution in [-0.4, -0.2) is 37.7 Å². The van der Waals surface area contributed by atoms with Crippen molar-refractivity contribution in [3.05, 3.63) is 33.8 Å². The Bertz CT molecular complexity index is 1200. The molecule has 1 aromatic carbocycles. The monoisotopic (exact) mass is 456 g/mol. The van der Waals surface area contributed by atoms with Crippen LogP contribution in [0, 0.1) is 22.8 Å². The number of pyridine rings is 1. The van der Waals surface area contributed by atoms with Crippen LogP contribution in [0.4, 0.5) is 17.3 Å². The van der Waals surface area contributed by atoms with E-state index in [2.05, 4.69) is 25.3 Å². The summed E-state index contributed by atoms with van der Waals surface area (Å²) < 4.78 is 15.4. The summed E-state index contributed by atoms with van der Waals surface area (Å²) in [7, 11) is 2.63. The molecule has 32 heavy (non-hydrogen) atoms. The molecule has 2 heterocycles. The summed E-state index contributed by atoms with van der Waals surface area (Å²) in [5.41, 5.74) is 13.0. The van der Waals surface area contributed by atoms with E-state index in [4.69, 9.17) is 37.8 Å². The highest BCUT2D eigenvalue weighted by molar-refractivity contribution is 6.32. The van der Waals surface area contributed by atoms with E-state index in [1.54, 1.807) is 12.3 Å². The van der Waals surface area contributed by atoms with Crippen molar-refractivity contribution in [3.63, 3.8) is 0 Å². The molecule has 12 nitrogen and oxygen atoms in total.